The first-order chi connectivity index (χ1) is 13.8. The molecule has 5 nitrogen and oxygen atoms in total. The fourth-order valence-electron chi connectivity index (χ4n) is 5.07. The molecule has 3 rings (SSSR count). The van der Waals surface area contributed by atoms with Gasteiger partial charge in [-0.05, 0) is 49.0 Å². The van der Waals surface area contributed by atoms with Crippen LogP contribution in [0.2, 0.25) is 0 Å². The van der Waals surface area contributed by atoms with Crippen LogP contribution in [0.3, 0.4) is 0 Å². The highest BCUT2D eigenvalue weighted by Gasteiger charge is 2.42. The Labute approximate surface area is 174 Å². The smallest absolute Gasteiger partial charge is 0.308 e. The number of rotatable bonds is 6. The highest BCUT2D eigenvalue weighted by molar-refractivity contribution is 5.72. The van der Waals surface area contributed by atoms with Crippen LogP contribution in [0.15, 0.2) is 23.8 Å². The lowest BCUT2D eigenvalue weighted by atomic mass is 9.65. The predicted molar refractivity (Wildman–Crippen MR) is 111 cm³/mol. The van der Waals surface area contributed by atoms with Gasteiger partial charge < -0.3 is 14.6 Å². The van der Waals surface area contributed by atoms with Gasteiger partial charge in [-0.2, -0.15) is 0 Å². The lowest BCUT2D eigenvalue weighted by Gasteiger charge is -2.43. The van der Waals surface area contributed by atoms with E-state index in [-0.39, 0.29) is 42.4 Å². The maximum Gasteiger partial charge on any atom is 0.308 e. The molecule has 1 aliphatic heterocycles. The van der Waals surface area contributed by atoms with Crippen molar-refractivity contribution in [3.63, 3.8) is 0 Å². The van der Waals surface area contributed by atoms with Crippen LogP contribution in [0.4, 0.5) is 0 Å². The standard InChI is InChI=1S/C24H36O5/c1-5-15(3)24(27)29-21-11-14(2)10-17-7-6-16(4)20(23(17)21)9-8-19-12-18(25)13-22(26)28-19/h6-7,10,14-16,18-21,23,25H,5,8-9,11-13H2,1-4H3/t14-,15+,16+,18+,19-,20+,21-,23-/m0/s1. The van der Waals surface area contributed by atoms with Crippen LogP contribution in [-0.2, 0) is 19.1 Å². The zero-order valence-corrected chi connectivity index (χ0v) is 18.2. The average molecular weight is 405 g/mol. The molecule has 1 saturated heterocycles. The third kappa shape index (κ3) is 5.30. The molecule has 1 heterocycles. The van der Waals surface area contributed by atoms with Crippen molar-refractivity contribution in [2.45, 2.75) is 84.5 Å². The molecule has 1 N–H and O–H groups in total. The molecule has 0 spiro atoms. The Morgan fingerprint density at radius 1 is 1.31 bits per heavy atom. The summed E-state index contributed by atoms with van der Waals surface area (Å²) >= 11 is 0. The van der Waals surface area contributed by atoms with Gasteiger partial charge in [-0.25, -0.2) is 0 Å². The zero-order valence-electron chi connectivity index (χ0n) is 18.2. The van der Waals surface area contributed by atoms with Gasteiger partial charge in [0, 0.05) is 12.3 Å². The van der Waals surface area contributed by atoms with Gasteiger partial charge in [-0.3, -0.25) is 9.59 Å². The molecule has 0 aromatic rings. The number of carbonyl (C=O) groups excluding carboxylic acids is 2. The molecule has 0 unspecified atom stereocenters. The molecule has 0 aromatic heterocycles. The summed E-state index contributed by atoms with van der Waals surface area (Å²) in [5, 5.41) is 9.89. The third-order valence-electron chi connectivity index (χ3n) is 6.93. The zero-order chi connectivity index (χ0) is 21.1. The van der Waals surface area contributed by atoms with Crippen LogP contribution in [0.5, 0.6) is 0 Å². The van der Waals surface area contributed by atoms with Gasteiger partial charge >= 0.3 is 11.9 Å². The highest BCUT2D eigenvalue weighted by Crippen LogP contribution is 2.45. The van der Waals surface area contributed by atoms with E-state index in [1.54, 1.807) is 0 Å². The fourth-order valence-corrected chi connectivity index (χ4v) is 5.07. The summed E-state index contributed by atoms with van der Waals surface area (Å²) in [6.45, 7) is 8.33. The van der Waals surface area contributed by atoms with Gasteiger partial charge in [-0.15, -0.1) is 0 Å². The van der Waals surface area contributed by atoms with E-state index < -0.39 is 6.10 Å². The lowest BCUT2D eigenvalue weighted by molar-refractivity contribution is -0.162. The molecule has 0 amide bonds. The molecule has 5 heteroatoms. The van der Waals surface area contributed by atoms with E-state index in [1.807, 2.05) is 13.8 Å². The third-order valence-corrected chi connectivity index (χ3v) is 6.93. The second kappa shape index (κ2) is 9.46. The minimum atomic E-state index is -0.597. The number of hydrogen-bond acceptors (Lipinski definition) is 5. The maximum absolute atomic E-state index is 12.5. The fraction of sp³-hybridized carbons (Fsp3) is 0.750. The number of carbonyl (C=O) groups is 2. The quantitative estimate of drug-likeness (QED) is 0.672. The number of cyclic esters (lactones) is 1. The number of esters is 2. The van der Waals surface area contributed by atoms with E-state index in [2.05, 4.69) is 32.1 Å². The number of aliphatic hydroxyl groups is 1. The Bertz CT molecular complexity index is 666. The number of allylic oxidation sites excluding steroid dienone is 3. The summed E-state index contributed by atoms with van der Waals surface area (Å²) in [6, 6.07) is 0. The molecule has 3 aliphatic rings. The Morgan fingerprint density at radius 3 is 2.76 bits per heavy atom. The molecule has 0 aromatic carbocycles. The SMILES string of the molecule is CC[C@@H](C)C(=O)O[C@H]1C[C@@H](C)C=C2C=C[C@@H](C)[C@@H](CC[C@H]3C[C@@H](O)CC(=O)O3)[C@H]21. The van der Waals surface area contributed by atoms with E-state index in [9.17, 15) is 14.7 Å². The lowest BCUT2D eigenvalue weighted by Crippen LogP contribution is -2.42. The molecular formula is C24H36O5. The molecule has 8 atom stereocenters. The van der Waals surface area contributed by atoms with Crippen molar-refractivity contribution >= 4 is 11.9 Å². The Kier molecular flexibility index (Phi) is 7.20. The van der Waals surface area contributed by atoms with Crippen molar-refractivity contribution in [2.24, 2.45) is 29.6 Å². The van der Waals surface area contributed by atoms with Crippen molar-refractivity contribution in [2.75, 3.05) is 0 Å². The summed E-state index contributed by atoms with van der Waals surface area (Å²) in [6.07, 6.45) is 9.70. The summed E-state index contributed by atoms with van der Waals surface area (Å²) in [4.78, 5) is 24.2. The van der Waals surface area contributed by atoms with Crippen LogP contribution in [-0.4, -0.2) is 35.4 Å². The van der Waals surface area contributed by atoms with Crippen LogP contribution < -0.4 is 0 Å². The molecule has 0 radical (unpaired) electrons. The number of hydrogen-bond donors (Lipinski definition) is 1. The Hall–Kier alpha value is -1.62. The molecule has 0 saturated carbocycles. The van der Waals surface area contributed by atoms with Gasteiger partial charge in [0.2, 0.25) is 0 Å². The summed E-state index contributed by atoms with van der Waals surface area (Å²) in [5.41, 5.74) is 1.27. The number of fused-ring (bicyclic) bond motifs is 1. The molecule has 1 fully saturated rings. The van der Waals surface area contributed by atoms with Gasteiger partial charge in [0.1, 0.15) is 12.2 Å². The Morgan fingerprint density at radius 2 is 2.07 bits per heavy atom. The van der Waals surface area contributed by atoms with E-state index in [0.717, 1.165) is 25.7 Å². The first-order valence-electron chi connectivity index (χ1n) is 11.3. The second-order valence-corrected chi connectivity index (χ2v) is 9.36. The van der Waals surface area contributed by atoms with E-state index >= 15 is 0 Å². The first kappa shape index (κ1) is 22.1. The molecule has 0 bridgehead atoms. The Balaban J connectivity index is 1.74. The number of aliphatic hydroxyl groups excluding tert-OH is 1. The molecular weight excluding hydrogens is 368 g/mol. The van der Waals surface area contributed by atoms with Gasteiger partial charge in [-0.1, -0.05) is 45.9 Å². The molecule has 29 heavy (non-hydrogen) atoms. The second-order valence-electron chi connectivity index (χ2n) is 9.36. The summed E-state index contributed by atoms with van der Waals surface area (Å²) in [5.74, 6) is 0.755. The average Bonchev–Trinajstić information content (AvgIpc) is 2.65. The molecule has 162 valence electrons. The highest BCUT2D eigenvalue weighted by atomic mass is 16.5. The van der Waals surface area contributed by atoms with Crippen LogP contribution in [0, 0.1) is 29.6 Å². The normalized spacial score (nSPS) is 37.9. The van der Waals surface area contributed by atoms with Crippen LogP contribution in [0.25, 0.3) is 0 Å². The van der Waals surface area contributed by atoms with Crippen LogP contribution >= 0.6 is 0 Å². The van der Waals surface area contributed by atoms with E-state index in [0.29, 0.717) is 24.2 Å². The molecule has 2 aliphatic carbocycles. The predicted octanol–water partition coefficient (Wildman–Crippen LogP) is 4.20. The van der Waals surface area contributed by atoms with Crippen LogP contribution in [0.1, 0.15) is 66.2 Å². The largest absolute Gasteiger partial charge is 0.462 e. The van der Waals surface area contributed by atoms with Gasteiger partial charge in [0.25, 0.3) is 0 Å². The van der Waals surface area contributed by atoms with Crippen molar-refractivity contribution in [1.29, 1.82) is 0 Å². The van der Waals surface area contributed by atoms with E-state index in [1.165, 1.54) is 5.57 Å². The van der Waals surface area contributed by atoms with Crippen molar-refractivity contribution in [1.82, 2.24) is 0 Å². The monoisotopic (exact) mass is 404 g/mol. The summed E-state index contributed by atoms with van der Waals surface area (Å²) in [7, 11) is 0. The van der Waals surface area contributed by atoms with E-state index in [4.69, 9.17) is 9.47 Å². The minimum absolute atomic E-state index is 0.0854. The maximum atomic E-state index is 12.5. The van der Waals surface area contributed by atoms with Gasteiger partial charge in [0.05, 0.1) is 18.4 Å². The summed E-state index contributed by atoms with van der Waals surface area (Å²) < 4.78 is 11.5. The minimum Gasteiger partial charge on any atom is -0.462 e. The number of ether oxygens (including phenoxy) is 2. The topological polar surface area (TPSA) is 72.8 Å². The van der Waals surface area contributed by atoms with Crippen molar-refractivity contribution in [3.8, 4) is 0 Å². The van der Waals surface area contributed by atoms with Crippen molar-refractivity contribution in [3.05, 3.63) is 23.8 Å². The van der Waals surface area contributed by atoms with Gasteiger partial charge in [0.15, 0.2) is 0 Å². The van der Waals surface area contributed by atoms with Crippen molar-refractivity contribution < 1.29 is 24.2 Å². The first-order valence-corrected chi connectivity index (χ1v) is 11.3.